The summed E-state index contributed by atoms with van der Waals surface area (Å²) in [6, 6.07) is 17.3. The molecule has 0 radical (unpaired) electrons. The van der Waals surface area contributed by atoms with E-state index >= 15 is 0 Å². The molecule has 3 aromatic rings. The van der Waals surface area contributed by atoms with Crippen LogP contribution in [0.4, 0.5) is 5.69 Å². The second kappa shape index (κ2) is 14.8. The molecule has 9 atom stereocenters. The van der Waals surface area contributed by atoms with E-state index in [1.807, 2.05) is 67.7 Å². The highest BCUT2D eigenvalue weighted by molar-refractivity contribution is 7.09. The van der Waals surface area contributed by atoms with Crippen LogP contribution in [0, 0.1) is 29.1 Å². The number of amides is 2. The lowest BCUT2D eigenvalue weighted by Gasteiger charge is -2.62. The molecule has 2 bridgehead atoms. The van der Waals surface area contributed by atoms with E-state index in [0.29, 0.717) is 28.7 Å². The fraction of sp³-hybridized carbons (Fsp3) is 0.550. The number of aliphatic hydroxyl groups excluding tert-OH is 2. The van der Waals surface area contributed by atoms with Gasteiger partial charge in [-0.05, 0) is 102 Å². The summed E-state index contributed by atoms with van der Waals surface area (Å²) in [6.45, 7) is 10.6. The van der Waals surface area contributed by atoms with E-state index in [1.54, 1.807) is 23.3 Å². The molecule has 4 fully saturated rings. The summed E-state index contributed by atoms with van der Waals surface area (Å²) >= 11 is 1.69. The number of carbonyl (C=O) groups excluding carboxylic acids is 2. The molecule has 3 saturated carbocycles. The Morgan fingerprint density at radius 2 is 1.86 bits per heavy atom. The molecule has 50 heavy (non-hydrogen) atoms. The molecule has 1 saturated heterocycles. The van der Waals surface area contributed by atoms with Gasteiger partial charge < -0.3 is 25.7 Å². The molecule has 10 heteroatoms. The van der Waals surface area contributed by atoms with Gasteiger partial charge in [-0.1, -0.05) is 45.0 Å². The molecule has 0 spiro atoms. The number of hydrogen-bond donors (Lipinski definition) is 4. The van der Waals surface area contributed by atoms with Crippen LogP contribution in [0.3, 0.4) is 0 Å². The second-order valence-electron chi connectivity index (χ2n) is 15.8. The number of benzene rings is 2. The summed E-state index contributed by atoms with van der Waals surface area (Å²) < 4.78 is 0. The molecule has 2 amide bonds. The number of hydrogen-bond acceptors (Lipinski definition) is 8. The molecule has 2 heterocycles. The van der Waals surface area contributed by atoms with E-state index < -0.39 is 24.2 Å². The van der Waals surface area contributed by atoms with Gasteiger partial charge in [-0.25, -0.2) is 0 Å². The van der Waals surface area contributed by atoms with Crippen molar-refractivity contribution in [2.75, 3.05) is 25.6 Å². The molecule has 1 aliphatic heterocycles. The molecule has 4 aliphatic rings. The average Bonchev–Trinajstić information content (AvgIpc) is 3.72. The minimum Gasteiger partial charge on any atom is -0.394 e. The summed E-state index contributed by atoms with van der Waals surface area (Å²) in [5.41, 5.74) is 4.52. The first-order chi connectivity index (χ1) is 23.8. The minimum absolute atomic E-state index is 0.0198. The largest absolute Gasteiger partial charge is 0.394 e. The van der Waals surface area contributed by atoms with Crippen molar-refractivity contribution < 1.29 is 24.6 Å². The third kappa shape index (κ3) is 7.37. The highest BCUT2D eigenvalue weighted by Gasteiger charge is 2.57. The van der Waals surface area contributed by atoms with Gasteiger partial charge in [0.15, 0.2) is 0 Å². The summed E-state index contributed by atoms with van der Waals surface area (Å²) in [4.78, 5) is 37.0. The van der Waals surface area contributed by atoms with Crippen molar-refractivity contribution in [1.29, 1.82) is 0 Å². The number of nitrogens with one attached hydrogen (secondary N) is 2. The van der Waals surface area contributed by atoms with E-state index in [2.05, 4.69) is 49.6 Å². The van der Waals surface area contributed by atoms with Crippen molar-refractivity contribution in [3.8, 4) is 11.1 Å². The number of rotatable bonds is 12. The zero-order chi connectivity index (χ0) is 35.9. The van der Waals surface area contributed by atoms with Gasteiger partial charge in [0.2, 0.25) is 5.91 Å². The Balaban J connectivity index is 1.22. The Labute approximate surface area is 301 Å². The zero-order valence-corrected chi connectivity index (χ0v) is 31.2. The number of aliphatic hydroxyl groups is 2. The van der Waals surface area contributed by atoms with Crippen LogP contribution in [0.5, 0.6) is 0 Å². The SMILES string of the molecule is C[C@@H]1[C@@H](NC(=O)[C@@H]2[C@H]([C@H](C)O)[C@H](CO)ON2Cc2cccc(-c3cc(C(=O)N[C@H](C)Cc4cccs4)cc(N(C)C)c3)c2)C[C@H]2C[C@@H]1C2(C)C. The maximum absolute atomic E-state index is 14.1. The lowest BCUT2D eigenvalue weighted by atomic mass is 9.45. The molecule has 2 aromatic carbocycles. The number of nitrogens with zero attached hydrogens (tertiary/aromatic N) is 2. The maximum atomic E-state index is 14.1. The predicted molar refractivity (Wildman–Crippen MR) is 199 cm³/mol. The van der Waals surface area contributed by atoms with E-state index in [9.17, 15) is 19.8 Å². The van der Waals surface area contributed by atoms with Crippen LogP contribution in [-0.4, -0.2) is 78.1 Å². The molecule has 9 nitrogen and oxygen atoms in total. The Morgan fingerprint density at radius 3 is 2.50 bits per heavy atom. The number of hydroxylamine groups is 2. The first kappa shape index (κ1) is 36.5. The fourth-order valence-electron chi connectivity index (χ4n) is 8.77. The van der Waals surface area contributed by atoms with Crippen LogP contribution in [-0.2, 0) is 22.6 Å². The highest BCUT2D eigenvalue weighted by Crippen LogP contribution is 2.61. The van der Waals surface area contributed by atoms with Crippen molar-refractivity contribution in [1.82, 2.24) is 15.7 Å². The van der Waals surface area contributed by atoms with E-state index in [4.69, 9.17) is 4.84 Å². The Bertz CT molecular complexity index is 1660. The van der Waals surface area contributed by atoms with Crippen LogP contribution >= 0.6 is 11.3 Å². The first-order valence-corrected chi connectivity index (χ1v) is 18.9. The van der Waals surface area contributed by atoms with Crippen LogP contribution in [0.15, 0.2) is 60.0 Å². The van der Waals surface area contributed by atoms with Gasteiger partial charge in [-0.3, -0.25) is 14.4 Å². The number of carbonyl (C=O) groups is 2. The standard InChI is InChI=1S/C40H54N4O5S/c1-23(14-32-12-9-13-50-32)41-38(47)29-16-28(17-31(18-29)43(6)7)27-11-8-10-26(15-27)21-44-37(36(25(3)46)35(22-45)49-44)39(48)42-34-20-30-19-33(24(34)2)40(30,4)5/h8-13,15-18,23-25,30,33-37,45-46H,14,19-22H2,1-7H3,(H,41,47)(H,42,48)/t23-,24+,25+,30-,33+,34+,35+,36-,37+/m1/s1. The minimum atomic E-state index is -0.860. The highest BCUT2D eigenvalue weighted by atomic mass is 32.1. The van der Waals surface area contributed by atoms with Gasteiger partial charge in [-0.15, -0.1) is 11.3 Å². The van der Waals surface area contributed by atoms with Gasteiger partial charge in [0.05, 0.1) is 19.3 Å². The van der Waals surface area contributed by atoms with E-state index in [0.717, 1.165) is 35.2 Å². The van der Waals surface area contributed by atoms with Crippen molar-refractivity contribution in [2.45, 2.75) is 90.8 Å². The van der Waals surface area contributed by atoms with Crippen molar-refractivity contribution >= 4 is 28.8 Å². The number of anilines is 1. The van der Waals surface area contributed by atoms with Crippen molar-refractivity contribution in [3.63, 3.8) is 0 Å². The third-order valence-corrected chi connectivity index (χ3v) is 12.7. The number of fused-ring (bicyclic) bond motifs is 2. The van der Waals surface area contributed by atoms with Gasteiger partial charge in [0, 0.05) is 54.6 Å². The fourth-order valence-corrected chi connectivity index (χ4v) is 9.60. The first-order valence-electron chi connectivity index (χ1n) is 18.0. The topological polar surface area (TPSA) is 114 Å². The molecule has 3 aliphatic carbocycles. The quantitative estimate of drug-likeness (QED) is 0.197. The van der Waals surface area contributed by atoms with Crippen LogP contribution in [0.25, 0.3) is 11.1 Å². The molecular weight excluding hydrogens is 649 g/mol. The average molecular weight is 703 g/mol. The molecular formula is C40H54N4O5S. The Morgan fingerprint density at radius 1 is 1.08 bits per heavy atom. The molecule has 4 N–H and O–H groups in total. The van der Waals surface area contributed by atoms with Gasteiger partial charge in [0.25, 0.3) is 5.91 Å². The molecule has 270 valence electrons. The Kier molecular flexibility index (Phi) is 10.8. The van der Waals surface area contributed by atoms with Crippen LogP contribution in [0.1, 0.15) is 68.3 Å². The van der Waals surface area contributed by atoms with Crippen molar-refractivity contribution in [3.05, 3.63) is 76.0 Å². The second-order valence-corrected chi connectivity index (χ2v) is 16.8. The lowest BCUT2D eigenvalue weighted by Crippen LogP contribution is -2.62. The van der Waals surface area contributed by atoms with Crippen LogP contribution < -0.4 is 15.5 Å². The summed E-state index contributed by atoms with van der Waals surface area (Å²) in [6.07, 6.45) is 1.38. The van der Waals surface area contributed by atoms with Gasteiger partial charge in [0.1, 0.15) is 12.1 Å². The summed E-state index contributed by atoms with van der Waals surface area (Å²) in [5, 5.41) is 31.3. The summed E-state index contributed by atoms with van der Waals surface area (Å²) in [5.74, 6) is 0.656. The smallest absolute Gasteiger partial charge is 0.251 e. The maximum Gasteiger partial charge on any atom is 0.251 e. The van der Waals surface area contributed by atoms with E-state index in [-0.39, 0.29) is 37.0 Å². The lowest BCUT2D eigenvalue weighted by molar-refractivity contribution is -0.183. The van der Waals surface area contributed by atoms with E-state index in [1.165, 1.54) is 11.3 Å². The Hall–Kier alpha value is -3.28. The zero-order valence-electron chi connectivity index (χ0n) is 30.4. The normalized spacial score (nSPS) is 28.4. The molecule has 0 unspecified atom stereocenters. The monoisotopic (exact) mass is 702 g/mol. The van der Waals surface area contributed by atoms with Gasteiger partial charge >= 0.3 is 0 Å². The molecule has 1 aromatic heterocycles. The third-order valence-electron chi connectivity index (χ3n) is 11.8. The van der Waals surface area contributed by atoms with Crippen LogP contribution in [0.2, 0.25) is 0 Å². The number of thiophene rings is 1. The van der Waals surface area contributed by atoms with Crippen molar-refractivity contribution in [2.24, 2.45) is 29.1 Å². The summed E-state index contributed by atoms with van der Waals surface area (Å²) in [7, 11) is 3.92. The predicted octanol–water partition coefficient (Wildman–Crippen LogP) is 5.50. The molecule has 7 rings (SSSR count). The van der Waals surface area contributed by atoms with Gasteiger partial charge in [-0.2, -0.15) is 5.06 Å².